The van der Waals surface area contributed by atoms with E-state index in [4.69, 9.17) is 9.26 Å². The standard InChI is InChI=1S/C19H29N3O4/c1-13-4-5-17-16(12-13)18(20-26-17)19(24)22(10-11-25-3)15-6-8-21(9-7-15)14(2)23/h13,15H,4-12H2,1-3H3/t13-/m0/s1. The van der Waals surface area contributed by atoms with Crippen LogP contribution in [-0.2, 0) is 22.4 Å². The van der Waals surface area contributed by atoms with Gasteiger partial charge in [-0.3, -0.25) is 9.59 Å². The first-order valence-corrected chi connectivity index (χ1v) is 9.54. The number of methoxy groups -OCH3 is 1. The van der Waals surface area contributed by atoms with Crippen LogP contribution in [0.3, 0.4) is 0 Å². The lowest BCUT2D eigenvalue weighted by molar-refractivity contribution is -0.130. The van der Waals surface area contributed by atoms with Crippen LogP contribution in [-0.4, -0.2) is 66.2 Å². The molecule has 1 aliphatic carbocycles. The molecule has 2 heterocycles. The number of nitrogens with zero attached hydrogens (tertiary/aromatic N) is 3. The zero-order valence-electron chi connectivity index (χ0n) is 16.0. The van der Waals surface area contributed by atoms with Gasteiger partial charge in [0.1, 0.15) is 5.76 Å². The maximum atomic E-state index is 13.3. The predicted octanol–water partition coefficient (Wildman–Crippen LogP) is 1.90. The fraction of sp³-hybridized carbons (Fsp3) is 0.737. The van der Waals surface area contributed by atoms with Gasteiger partial charge in [-0.1, -0.05) is 12.1 Å². The number of rotatable bonds is 5. The van der Waals surface area contributed by atoms with Gasteiger partial charge in [-0.2, -0.15) is 0 Å². The summed E-state index contributed by atoms with van der Waals surface area (Å²) in [7, 11) is 1.64. The van der Waals surface area contributed by atoms with Crippen LogP contribution >= 0.6 is 0 Å². The number of aryl methyl sites for hydroxylation is 1. The number of likely N-dealkylation sites (tertiary alicyclic amines) is 1. The molecule has 144 valence electrons. The Balaban J connectivity index is 1.77. The van der Waals surface area contributed by atoms with Crippen molar-refractivity contribution in [1.29, 1.82) is 0 Å². The molecule has 7 nitrogen and oxygen atoms in total. The molecule has 2 aliphatic rings. The summed E-state index contributed by atoms with van der Waals surface area (Å²) >= 11 is 0. The van der Waals surface area contributed by atoms with E-state index in [1.54, 1.807) is 14.0 Å². The highest BCUT2D eigenvalue weighted by Crippen LogP contribution is 2.29. The lowest BCUT2D eigenvalue weighted by atomic mass is 9.88. The molecule has 2 amide bonds. The van der Waals surface area contributed by atoms with E-state index >= 15 is 0 Å². The van der Waals surface area contributed by atoms with Crippen molar-refractivity contribution in [1.82, 2.24) is 15.0 Å². The maximum Gasteiger partial charge on any atom is 0.276 e. The molecule has 1 atom stereocenters. The molecule has 0 unspecified atom stereocenters. The Morgan fingerprint density at radius 2 is 2.04 bits per heavy atom. The van der Waals surface area contributed by atoms with Crippen LogP contribution in [0.25, 0.3) is 0 Å². The fourth-order valence-electron chi connectivity index (χ4n) is 4.01. The molecule has 0 radical (unpaired) electrons. The Bertz CT molecular complexity index is 649. The van der Waals surface area contributed by atoms with Crippen molar-refractivity contribution in [3.8, 4) is 0 Å². The van der Waals surface area contributed by atoms with Crippen molar-refractivity contribution in [2.24, 2.45) is 5.92 Å². The first-order valence-electron chi connectivity index (χ1n) is 9.54. The molecule has 0 N–H and O–H groups in total. The van der Waals surface area contributed by atoms with E-state index in [1.807, 2.05) is 9.80 Å². The average Bonchev–Trinajstić information content (AvgIpc) is 3.05. The molecule has 26 heavy (non-hydrogen) atoms. The van der Waals surface area contributed by atoms with Crippen molar-refractivity contribution in [2.75, 3.05) is 33.4 Å². The lowest BCUT2D eigenvalue weighted by Crippen LogP contribution is -2.49. The minimum absolute atomic E-state index is 0.0672. The molecule has 1 aromatic heterocycles. The topological polar surface area (TPSA) is 75.9 Å². The van der Waals surface area contributed by atoms with Crippen molar-refractivity contribution < 1.29 is 18.8 Å². The van der Waals surface area contributed by atoms with Gasteiger partial charge in [0.15, 0.2) is 5.69 Å². The first-order chi connectivity index (χ1) is 12.5. The molecule has 3 rings (SSSR count). The van der Waals surface area contributed by atoms with E-state index < -0.39 is 0 Å². The highest BCUT2D eigenvalue weighted by molar-refractivity contribution is 5.94. The average molecular weight is 363 g/mol. The highest BCUT2D eigenvalue weighted by atomic mass is 16.5. The normalized spacial score (nSPS) is 20.7. The molecule has 1 aliphatic heterocycles. The summed E-state index contributed by atoms with van der Waals surface area (Å²) in [6.45, 7) is 6.17. The first kappa shape index (κ1) is 18.9. The summed E-state index contributed by atoms with van der Waals surface area (Å²) in [5.74, 6) is 1.43. The largest absolute Gasteiger partial charge is 0.383 e. The Labute approximate surface area is 154 Å². The van der Waals surface area contributed by atoms with Gasteiger partial charge in [-0.15, -0.1) is 0 Å². The smallest absolute Gasteiger partial charge is 0.276 e. The molecule has 1 aromatic rings. The molecular formula is C19H29N3O4. The minimum Gasteiger partial charge on any atom is -0.383 e. The number of hydrogen-bond donors (Lipinski definition) is 0. The summed E-state index contributed by atoms with van der Waals surface area (Å²) in [5, 5.41) is 4.13. The second-order valence-electron chi connectivity index (χ2n) is 7.51. The van der Waals surface area contributed by atoms with E-state index in [0.29, 0.717) is 37.9 Å². The molecule has 0 spiro atoms. The molecule has 0 aromatic carbocycles. The van der Waals surface area contributed by atoms with Crippen LogP contribution in [0, 0.1) is 5.92 Å². The number of piperidine rings is 1. The molecular weight excluding hydrogens is 334 g/mol. The van der Waals surface area contributed by atoms with E-state index in [1.165, 1.54) is 0 Å². The molecule has 0 bridgehead atoms. The summed E-state index contributed by atoms with van der Waals surface area (Å²) < 4.78 is 10.7. The number of amides is 2. The van der Waals surface area contributed by atoms with Crippen LogP contribution in [0.15, 0.2) is 4.52 Å². The van der Waals surface area contributed by atoms with Gasteiger partial charge in [-0.05, 0) is 31.6 Å². The fourth-order valence-corrected chi connectivity index (χ4v) is 4.01. The number of hydrogen-bond acceptors (Lipinski definition) is 5. The van der Waals surface area contributed by atoms with Crippen LogP contribution in [0.5, 0.6) is 0 Å². The SMILES string of the molecule is COCCN(C(=O)c1noc2c1C[C@@H](C)CC2)C1CCN(C(C)=O)CC1. The minimum atomic E-state index is -0.0672. The predicted molar refractivity (Wildman–Crippen MR) is 95.9 cm³/mol. The molecule has 1 saturated heterocycles. The lowest BCUT2D eigenvalue weighted by Gasteiger charge is -2.38. The highest BCUT2D eigenvalue weighted by Gasteiger charge is 2.34. The van der Waals surface area contributed by atoms with Gasteiger partial charge < -0.3 is 19.1 Å². The quantitative estimate of drug-likeness (QED) is 0.799. The van der Waals surface area contributed by atoms with Crippen LogP contribution in [0.4, 0.5) is 0 Å². The Hall–Kier alpha value is -1.89. The van der Waals surface area contributed by atoms with E-state index in [9.17, 15) is 9.59 Å². The van der Waals surface area contributed by atoms with Gasteiger partial charge in [0, 0.05) is 51.7 Å². The van der Waals surface area contributed by atoms with Crippen LogP contribution in [0.1, 0.15) is 54.9 Å². The maximum absolute atomic E-state index is 13.3. The Morgan fingerprint density at radius 1 is 1.31 bits per heavy atom. The van der Waals surface area contributed by atoms with Crippen LogP contribution in [0.2, 0.25) is 0 Å². The summed E-state index contributed by atoms with van der Waals surface area (Å²) in [6.07, 6.45) is 4.34. The van der Waals surface area contributed by atoms with Gasteiger partial charge in [-0.25, -0.2) is 0 Å². The number of carbonyl (C=O) groups excluding carboxylic acids is 2. The number of ether oxygens (including phenoxy) is 1. The van der Waals surface area contributed by atoms with E-state index in [-0.39, 0.29) is 17.9 Å². The second-order valence-corrected chi connectivity index (χ2v) is 7.51. The van der Waals surface area contributed by atoms with Gasteiger partial charge in [0.2, 0.25) is 5.91 Å². The number of fused-ring (bicyclic) bond motifs is 1. The van der Waals surface area contributed by atoms with Gasteiger partial charge >= 0.3 is 0 Å². The Kier molecular flexibility index (Phi) is 5.96. The van der Waals surface area contributed by atoms with Crippen molar-refractivity contribution in [3.63, 3.8) is 0 Å². The number of carbonyl (C=O) groups is 2. The molecule has 1 fully saturated rings. The monoisotopic (exact) mass is 363 g/mol. The zero-order valence-corrected chi connectivity index (χ0v) is 16.0. The zero-order chi connectivity index (χ0) is 18.7. The molecule has 0 saturated carbocycles. The summed E-state index contributed by atoms with van der Waals surface area (Å²) in [4.78, 5) is 28.6. The van der Waals surface area contributed by atoms with E-state index in [0.717, 1.165) is 43.4 Å². The van der Waals surface area contributed by atoms with Gasteiger partial charge in [0.25, 0.3) is 5.91 Å². The summed E-state index contributed by atoms with van der Waals surface area (Å²) in [5.41, 5.74) is 1.45. The van der Waals surface area contributed by atoms with Crippen LogP contribution < -0.4 is 0 Å². The number of aromatic nitrogens is 1. The van der Waals surface area contributed by atoms with Gasteiger partial charge in [0.05, 0.1) is 6.61 Å². The second kappa shape index (κ2) is 8.20. The van der Waals surface area contributed by atoms with Crippen molar-refractivity contribution in [3.05, 3.63) is 17.0 Å². The third kappa shape index (κ3) is 3.92. The third-order valence-electron chi connectivity index (χ3n) is 5.64. The van der Waals surface area contributed by atoms with E-state index in [2.05, 4.69) is 12.1 Å². The Morgan fingerprint density at radius 3 is 2.69 bits per heavy atom. The van der Waals surface area contributed by atoms with Crippen molar-refractivity contribution in [2.45, 2.75) is 52.0 Å². The molecule has 7 heteroatoms. The summed E-state index contributed by atoms with van der Waals surface area (Å²) in [6, 6.07) is 0.0987. The third-order valence-corrected chi connectivity index (χ3v) is 5.64. The van der Waals surface area contributed by atoms with Crippen molar-refractivity contribution >= 4 is 11.8 Å².